The molecule has 1 aliphatic heterocycles. The van der Waals surface area contributed by atoms with E-state index in [2.05, 4.69) is 47.3 Å². The van der Waals surface area contributed by atoms with Crippen molar-refractivity contribution in [3.8, 4) is 0 Å². The fraction of sp³-hybridized carbons (Fsp3) is 0.487. The number of hydrogen-bond donors (Lipinski definition) is 11. The molecular formula is C39H57N13O9. The van der Waals surface area contributed by atoms with Gasteiger partial charge in [-0.3, -0.25) is 43.3 Å². The first-order valence-corrected chi connectivity index (χ1v) is 19.7. The third kappa shape index (κ3) is 15.7. The molecule has 22 heteroatoms. The number of nitrogens with one attached hydrogen (secondary N) is 7. The molecule has 2 heterocycles. The van der Waals surface area contributed by atoms with Gasteiger partial charge in [-0.05, 0) is 67.5 Å². The average molecular weight is 852 g/mol. The van der Waals surface area contributed by atoms with Crippen molar-refractivity contribution in [2.24, 2.45) is 34.1 Å². The average Bonchev–Trinajstić information content (AvgIpc) is 3.21. The van der Waals surface area contributed by atoms with E-state index in [9.17, 15) is 43.5 Å². The number of nitrogens with zero attached hydrogens (tertiary/aromatic N) is 3. The lowest BCUT2D eigenvalue weighted by Crippen LogP contribution is -2.57. The van der Waals surface area contributed by atoms with Crippen molar-refractivity contribution in [2.45, 2.75) is 84.0 Å². The zero-order chi connectivity index (χ0) is 45.2. The highest BCUT2D eigenvalue weighted by Crippen LogP contribution is 2.20. The van der Waals surface area contributed by atoms with Crippen LogP contribution in [0, 0.1) is 11.8 Å². The number of hydrazine groups is 1. The first-order chi connectivity index (χ1) is 28.9. The van der Waals surface area contributed by atoms with Crippen molar-refractivity contribution in [3.63, 3.8) is 0 Å². The highest BCUT2D eigenvalue weighted by Gasteiger charge is 2.34. The van der Waals surface area contributed by atoms with Crippen molar-refractivity contribution >= 4 is 64.8 Å². The number of nitrogens with two attached hydrogens (primary N) is 3. The SMILES string of the molecule is CC(CCCCNC(=O)c1ccc(NN)nc1)C(=O)Nc1cc2cc(c1)C(=O)N[C@H](C(C)C)C(=O)N(C)[C@@H](CCCN=C(N)N)C(=O)NCC(=O)N[C@@H](CC(=O)O)C(=O)NC2. The highest BCUT2D eigenvalue weighted by atomic mass is 16.4. The Bertz CT molecular complexity index is 1940. The highest BCUT2D eigenvalue weighted by molar-refractivity contribution is 6.01. The molecule has 3 rings (SSSR count). The van der Waals surface area contributed by atoms with Crippen molar-refractivity contribution in [1.82, 2.24) is 36.5 Å². The summed E-state index contributed by atoms with van der Waals surface area (Å²) < 4.78 is 0. The Labute approximate surface area is 353 Å². The van der Waals surface area contributed by atoms with Crippen molar-refractivity contribution in [2.75, 3.05) is 37.4 Å². The molecule has 4 atom stereocenters. The van der Waals surface area contributed by atoms with Gasteiger partial charge < -0.3 is 58.8 Å². The van der Waals surface area contributed by atoms with Crippen LogP contribution in [0.15, 0.2) is 41.5 Å². The second-order valence-corrected chi connectivity index (χ2v) is 14.9. The predicted octanol–water partition coefficient (Wildman–Crippen LogP) is -1.12. The summed E-state index contributed by atoms with van der Waals surface area (Å²) in [6.07, 6.45) is 2.53. The van der Waals surface area contributed by atoms with Crippen LogP contribution in [0.2, 0.25) is 0 Å². The minimum absolute atomic E-state index is 0.0127. The lowest BCUT2D eigenvalue weighted by molar-refractivity contribution is -0.142. The Morgan fingerprint density at radius 3 is 2.33 bits per heavy atom. The van der Waals surface area contributed by atoms with Gasteiger partial charge >= 0.3 is 5.97 Å². The molecular weight excluding hydrogens is 795 g/mol. The summed E-state index contributed by atoms with van der Waals surface area (Å²) >= 11 is 0. The number of carboxylic acid groups (broad SMARTS) is 1. The third-order valence-corrected chi connectivity index (χ3v) is 9.68. The van der Waals surface area contributed by atoms with Crippen LogP contribution >= 0.6 is 0 Å². The smallest absolute Gasteiger partial charge is 0.305 e. The van der Waals surface area contributed by atoms with E-state index in [4.69, 9.17) is 17.3 Å². The molecule has 0 spiro atoms. The number of unbranched alkanes of at least 4 members (excludes halogenated alkanes) is 1. The number of amides is 7. The molecule has 2 aromatic rings. The van der Waals surface area contributed by atoms with Crippen molar-refractivity contribution < 1.29 is 43.5 Å². The minimum Gasteiger partial charge on any atom is -0.481 e. The standard InChI is InChI=1S/C39H57N13O9/c1-21(2)32-38(61)52(4)28(9-7-13-44-39(40)41)37(60)47-20-30(53)49-27(17-31(54)55)36(59)46-18-23-14-25(35(58)50-32)16-26(15-23)48-33(56)22(3)8-5-6-12-43-34(57)24-10-11-29(51-42)45-19-24/h10-11,14-16,19,21-22,27-28,32H,5-9,12-13,17-18,20,42H2,1-4H3,(H,43,57)(H,45,51)(H,46,59)(H,47,60)(H,48,56)(H,49,53)(H,50,58)(H,54,55)(H4,40,41,44)/t22?,27-,28-,32+/m0/s1. The third-order valence-electron chi connectivity index (χ3n) is 9.68. The molecule has 332 valence electrons. The molecule has 0 fully saturated rings. The Kier molecular flexibility index (Phi) is 18.8. The number of aromatic nitrogens is 1. The van der Waals surface area contributed by atoms with E-state index in [0.29, 0.717) is 42.8 Å². The maximum Gasteiger partial charge on any atom is 0.305 e. The van der Waals surface area contributed by atoms with E-state index in [1.807, 2.05) is 0 Å². The number of pyridine rings is 1. The second kappa shape index (κ2) is 23.7. The van der Waals surface area contributed by atoms with Crippen molar-refractivity contribution in [3.05, 3.63) is 53.2 Å². The number of aliphatic carboxylic acids is 1. The van der Waals surface area contributed by atoms with Gasteiger partial charge in [0.25, 0.3) is 11.8 Å². The summed E-state index contributed by atoms with van der Waals surface area (Å²) in [7, 11) is 1.38. The van der Waals surface area contributed by atoms with Crippen LogP contribution in [0.25, 0.3) is 0 Å². The first kappa shape index (κ1) is 48.5. The molecule has 2 bridgehead atoms. The van der Waals surface area contributed by atoms with Crippen LogP contribution in [0.5, 0.6) is 0 Å². The number of carbonyl (C=O) groups excluding carboxylic acids is 7. The number of aliphatic imine (C=N–C) groups is 1. The largest absolute Gasteiger partial charge is 0.481 e. The number of fused-ring (bicyclic) bond motifs is 2. The molecule has 0 saturated heterocycles. The number of rotatable bonds is 16. The molecule has 0 radical (unpaired) electrons. The molecule has 1 aromatic heterocycles. The van der Waals surface area contributed by atoms with E-state index in [-0.39, 0.29) is 55.0 Å². The topological polar surface area (TPSA) is 348 Å². The molecule has 1 aromatic carbocycles. The number of guanidine groups is 1. The predicted molar refractivity (Wildman–Crippen MR) is 224 cm³/mol. The normalized spacial score (nSPS) is 18.3. The lowest BCUT2D eigenvalue weighted by Gasteiger charge is -2.32. The van der Waals surface area contributed by atoms with Crippen LogP contribution in [-0.2, 0) is 35.3 Å². The van der Waals surface area contributed by atoms with E-state index in [1.54, 1.807) is 32.9 Å². The first-order valence-electron chi connectivity index (χ1n) is 19.7. The van der Waals surface area contributed by atoms with Crippen LogP contribution in [-0.4, -0.2) is 113 Å². The zero-order valence-electron chi connectivity index (χ0n) is 34.7. The lowest BCUT2D eigenvalue weighted by atomic mass is 9.99. The number of anilines is 2. The Morgan fingerprint density at radius 1 is 0.967 bits per heavy atom. The minimum atomic E-state index is -1.55. The van der Waals surface area contributed by atoms with E-state index < -0.39 is 78.4 Å². The van der Waals surface area contributed by atoms with Gasteiger partial charge in [0.1, 0.15) is 23.9 Å². The number of hydrogen-bond acceptors (Lipinski definition) is 12. The summed E-state index contributed by atoms with van der Waals surface area (Å²) in [5, 5.41) is 25.2. The molecule has 1 aliphatic rings. The maximum atomic E-state index is 14.0. The number of nitrogen functional groups attached to an aromatic ring is 1. The molecule has 1 unspecified atom stereocenters. The molecule has 22 nitrogen and oxygen atoms in total. The molecule has 0 aliphatic carbocycles. The van der Waals surface area contributed by atoms with Crippen LogP contribution < -0.4 is 54.6 Å². The van der Waals surface area contributed by atoms with Gasteiger partial charge in [-0.15, -0.1) is 0 Å². The monoisotopic (exact) mass is 851 g/mol. The van der Waals surface area contributed by atoms with Crippen LogP contribution in [0.3, 0.4) is 0 Å². The molecule has 14 N–H and O–H groups in total. The van der Waals surface area contributed by atoms with Gasteiger partial charge in [-0.2, -0.15) is 0 Å². The summed E-state index contributed by atoms with van der Waals surface area (Å²) in [4.78, 5) is 114. The van der Waals surface area contributed by atoms with Gasteiger partial charge in [-0.25, -0.2) is 10.8 Å². The summed E-state index contributed by atoms with van der Waals surface area (Å²) in [6, 6.07) is 3.66. The fourth-order valence-electron chi connectivity index (χ4n) is 6.22. The van der Waals surface area contributed by atoms with E-state index >= 15 is 0 Å². The van der Waals surface area contributed by atoms with Gasteiger partial charge in [0, 0.05) is 50.0 Å². The molecule has 0 saturated carbocycles. The zero-order valence-corrected chi connectivity index (χ0v) is 34.7. The van der Waals surface area contributed by atoms with Gasteiger partial charge in [0.05, 0.1) is 18.5 Å². The fourth-order valence-corrected chi connectivity index (χ4v) is 6.22. The number of likely N-dealkylation sites (N-methyl/N-ethyl adjacent to an activating group) is 1. The molecule has 7 amide bonds. The van der Waals surface area contributed by atoms with E-state index in [1.165, 1.54) is 31.4 Å². The van der Waals surface area contributed by atoms with Gasteiger partial charge in [0.2, 0.25) is 29.5 Å². The van der Waals surface area contributed by atoms with Gasteiger partial charge in [-0.1, -0.05) is 27.2 Å². The second-order valence-electron chi connectivity index (χ2n) is 14.9. The van der Waals surface area contributed by atoms with E-state index in [0.717, 1.165) is 4.90 Å². The van der Waals surface area contributed by atoms with Gasteiger partial charge in [0.15, 0.2) is 5.96 Å². The number of benzene rings is 1. The number of carbonyl (C=O) groups is 8. The maximum absolute atomic E-state index is 14.0. The Hall–Kier alpha value is -6.84. The number of carboxylic acids is 1. The van der Waals surface area contributed by atoms with Crippen molar-refractivity contribution in [1.29, 1.82) is 0 Å². The quantitative estimate of drug-likeness (QED) is 0.0314. The molecule has 61 heavy (non-hydrogen) atoms. The van der Waals surface area contributed by atoms with Crippen LogP contribution in [0.1, 0.15) is 85.6 Å². The summed E-state index contributed by atoms with van der Waals surface area (Å²) in [6.45, 7) is 4.71. The summed E-state index contributed by atoms with van der Waals surface area (Å²) in [5.74, 6) is -1.28. The Balaban J connectivity index is 1.85. The summed E-state index contributed by atoms with van der Waals surface area (Å²) in [5.41, 5.74) is 14.1. The van der Waals surface area contributed by atoms with Crippen LogP contribution in [0.4, 0.5) is 11.5 Å². The Morgan fingerprint density at radius 2 is 1.69 bits per heavy atom.